The van der Waals surface area contributed by atoms with Crippen LogP contribution in [0.2, 0.25) is 0 Å². The van der Waals surface area contributed by atoms with E-state index in [0.29, 0.717) is 18.2 Å². The van der Waals surface area contributed by atoms with Crippen molar-refractivity contribution < 1.29 is 9.53 Å². The van der Waals surface area contributed by atoms with Gasteiger partial charge >= 0.3 is 0 Å². The van der Waals surface area contributed by atoms with Crippen LogP contribution in [0.15, 0.2) is 0 Å². The number of carbonyl (C=O) groups is 1. The van der Waals surface area contributed by atoms with Crippen molar-refractivity contribution >= 4 is 5.78 Å². The molecule has 0 aromatic carbocycles. The lowest BCUT2D eigenvalue weighted by atomic mass is 9.86. The Morgan fingerprint density at radius 3 is 3.27 bits per heavy atom. The minimum Gasteiger partial charge on any atom is -0.380 e. The van der Waals surface area contributed by atoms with Gasteiger partial charge < -0.3 is 10.1 Å². The molecule has 2 aliphatic heterocycles. The van der Waals surface area contributed by atoms with Gasteiger partial charge in [0.25, 0.3) is 0 Å². The molecule has 3 nitrogen and oxygen atoms in total. The molecule has 0 saturated carbocycles. The average molecular weight is 155 g/mol. The van der Waals surface area contributed by atoms with Gasteiger partial charge in [-0.3, -0.25) is 4.79 Å². The topological polar surface area (TPSA) is 38.3 Å². The highest BCUT2D eigenvalue weighted by atomic mass is 16.5. The number of rotatable bonds is 0. The van der Waals surface area contributed by atoms with Crippen LogP contribution in [0.5, 0.6) is 0 Å². The summed E-state index contributed by atoms with van der Waals surface area (Å²) in [6, 6.07) is 0.310. The van der Waals surface area contributed by atoms with E-state index >= 15 is 0 Å². The highest BCUT2D eigenvalue weighted by molar-refractivity contribution is 5.82. The third-order valence-corrected chi connectivity index (χ3v) is 2.55. The molecule has 62 valence electrons. The third-order valence-electron chi connectivity index (χ3n) is 2.55. The Labute approximate surface area is 66.1 Å². The Morgan fingerprint density at radius 1 is 1.55 bits per heavy atom. The monoisotopic (exact) mass is 155 g/mol. The third kappa shape index (κ3) is 1.30. The summed E-state index contributed by atoms with van der Waals surface area (Å²) in [7, 11) is 0. The number of piperidine rings is 1. The van der Waals surface area contributed by atoms with Gasteiger partial charge in [0, 0.05) is 31.5 Å². The molecule has 2 fully saturated rings. The van der Waals surface area contributed by atoms with Crippen LogP contribution in [-0.4, -0.2) is 31.6 Å². The first-order valence-electron chi connectivity index (χ1n) is 4.22. The maximum Gasteiger partial charge on any atom is 0.138 e. The maximum absolute atomic E-state index is 11.3. The zero-order valence-electron chi connectivity index (χ0n) is 6.51. The van der Waals surface area contributed by atoms with Crippen LogP contribution in [-0.2, 0) is 9.53 Å². The van der Waals surface area contributed by atoms with Gasteiger partial charge in [0.15, 0.2) is 0 Å². The molecule has 0 radical (unpaired) electrons. The quantitative estimate of drug-likeness (QED) is 0.533. The van der Waals surface area contributed by atoms with E-state index in [1.165, 1.54) is 0 Å². The van der Waals surface area contributed by atoms with Gasteiger partial charge in [-0.2, -0.15) is 0 Å². The fraction of sp³-hybridized carbons (Fsp3) is 0.875. The zero-order valence-corrected chi connectivity index (χ0v) is 6.51. The van der Waals surface area contributed by atoms with Crippen LogP contribution >= 0.6 is 0 Å². The Bertz CT molecular complexity index is 167. The molecule has 0 amide bonds. The SMILES string of the molecule is O=C1CCNC2COCCC12. The minimum absolute atomic E-state index is 0.248. The van der Waals surface area contributed by atoms with Crippen molar-refractivity contribution in [2.24, 2.45) is 5.92 Å². The number of ether oxygens (including phenoxy) is 1. The molecule has 2 saturated heterocycles. The maximum atomic E-state index is 11.3. The fourth-order valence-corrected chi connectivity index (χ4v) is 1.89. The van der Waals surface area contributed by atoms with Crippen LogP contribution < -0.4 is 5.32 Å². The van der Waals surface area contributed by atoms with E-state index in [1.54, 1.807) is 0 Å². The Hall–Kier alpha value is -0.410. The van der Waals surface area contributed by atoms with E-state index in [2.05, 4.69) is 5.32 Å². The standard InChI is InChI=1S/C8H13NO2/c10-8-1-3-9-7-5-11-4-2-6(7)8/h6-7,9H,1-5H2. The van der Waals surface area contributed by atoms with E-state index in [9.17, 15) is 4.79 Å². The van der Waals surface area contributed by atoms with Gasteiger partial charge in [0.1, 0.15) is 5.78 Å². The van der Waals surface area contributed by atoms with Crippen molar-refractivity contribution in [3.8, 4) is 0 Å². The van der Waals surface area contributed by atoms with Gasteiger partial charge in [-0.05, 0) is 6.42 Å². The highest BCUT2D eigenvalue weighted by Crippen LogP contribution is 2.20. The minimum atomic E-state index is 0.248. The normalized spacial score (nSPS) is 38.4. The van der Waals surface area contributed by atoms with E-state index in [4.69, 9.17) is 4.74 Å². The number of hydrogen-bond donors (Lipinski definition) is 1. The summed E-state index contributed by atoms with van der Waals surface area (Å²) < 4.78 is 5.27. The van der Waals surface area contributed by atoms with Crippen LogP contribution in [0.3, 0.4) is 0 Å². The average Bonchev–Trinajstić information content (AvgIpc) is 2.06. The highest BCUT2D eigenvalue weighted by Gasteiger charge is 2.33. The van der Waals surface area contributed by atoms with E-state index in [-0.39, 0.29) is 5.92 Å². The molecule has 2 atom stereocenters. The first kappa shape index (κ1) is 7.25. The first-order chi connectivity index (χ1) is 5.38. The molecule has 2 rings (SSSR count). The van der Waals surface area contributed by atoms with Gasteiger partial charge in [0.05, 0.1) is 6.61 Å². The van der Waals surface area contributed by atoms with Crippen LogP contribution in [0, 0.1) is 5.92 Å². The molecule has 3 heteroatoms. The summed E-state index contributed by atoms with van der Waals surface area (Å²) in [4.78, 5) is 11.3. The van der Waals surface area contributed by atoms with E-state index < -0.39 is 0 Å². The number of nitrogens with one attached hydrogen (secondary N) is 1. The van der Waals surface area contributed by atoms with Crippen LogP contribution in [0.1, 0.15) is 12.8 Å². The van der Waals surface area contributed by atoms with E-state index in [0.717, 1.165) is 26.2 Å². The molecule has 1 N–H and O–H groups in total. The Kier molecular flexibility index (Phi) is 1.92. The summed E-state index contributed by atoms with van der Waals surface area (Å²) in [6.07, 6.45) is 1.62. The largest absolute Gasteiger partial charge is 0.380 e. The van der Waals surface area contributed by atoms with Gasteiger partial charge in [-0.1, -0.05) is 0 Å². The van der Waals surface area contributed by atoms with Crippen LogP contribution in [0.25, 0.3) is 0 Å². The lowest BCUT2D eigenvalue weighted by molar-refractivity contribution is -0.129. The molecule has 2 heterocycles. The molecule has 11 heavy (non-hydrogen) atoms. The molecule has 2 aliphatic rings. The fourth-order valence-electron chi connectivity index (χ4n) is 1.89. The summed E-state index contributed by atoms with van der Waals surface area (Å²) >= 11 is 0. The lowest BCUT2D eigenvalue weighted by Crippen LogP contribution is -2.51. The second-order valence-electron chi connectivity index (χ2n) is 3.25. The summed E-state index contributed by atoms with van der Waals surface area (Å²) in [5, 5.41) is 3.31. The van der Waals surface area contributed by atoms with E-state index in [1.807, 2.05) is 0 Å². The molecule has 0 bridgehead atoms. The summed E-state index contributed by atoms with van der Waals surface area (Å²) in [6.45, 7) is 2.31. The molecular formula is C8H13NO2. The van der Waals surface area contributed by atoms with Crippen molar-refractivity contribution in [2.45, 2.75) is 18.9 Å². The van der Waals surface area contributed by atoms with Crippen LogP contribution in [0.4, 0.5) is 0 Å². The number of fused-ring (bicyclic) bond motifs is 1. The summed E-state index contributed by atoms with van der Waals surface area (Å²) in [5.41, 5.74) is 0. The van der Waals surface area contributed by atoms with Crippen molar-refractivity contribution in [2.75, 3.05) is 19.8 Å². The van der Waals surface area contributed by atoms with Gasteiger partial charge in [-0.25, -0.2) is 0 Å². The van der Waals surface area contributed by atoms with Gasteiger partial charge in [-0.15, -0.1) is 0 Å². The molecule has 0 aromatic heterocycles. The number of Topliss-reactive ketones (excluding diaryl/α,β-unsaturated/α-hetero) is 1. The lowest BCUT2D eigenvalue weighted by Gasteiger charge is -2.34. The Morgan fingerprint density at radius 2 is 2.45 bits per heavy atom. The second kappa shape index (κ2) is 2.91. The van der Waals surface area contributed by atoms with Crippen molar-refractivity contribution in [1.82, 2.24) is 5.32 Å². The smallest absolute Gasteiger partial charge is 0.138 e. The number of hydrogen-bond acceptors (Lipinski definition) is 3. The second-order valence-corrected chi connectivity index (χ2v) is 3.25. The first-order valence-corrected chi connectivity index (χ1v) is 4.22. The van der Waals surface area contributed by atoms with Crippen molar-refractivity contribution in [1.29, 1.82) is 0 Å². The molecule has 0 aliphatic carbocycles. The van der Waals surface area contributed by atoms with Crippen molar-refractivity contribution in [3.63, 3.8) is 0 Å². The Balaban J connectivity index is 2.05. The van der Waals surface area contributed by atoms with Crippen molar-refractivity contribution in [3.05, 3.63) is 0 Å². The number of carbonyl (C=O) groups excluding carboxylic acids is 1. The number of ketones is 1. The molecular weight excluding hydrogens is 142 g/mol. The van der Waals surface area contributed by atoms with Gasteiger partial charge in [0.2, 0.25) is 0 Å². The molecule has 0 spiro atoms. The predicted octanol–water partition coefficient (Wildman–Crippen LogP) is -0.0461. The molecule has 2 unspecified atom stereocenters. The zero-order chi connectivity index (χ0) is 7.68. The summed E-state index contributed by atoms with van der Waals surface area (Å²) in [5.74, 6) is 0.676. The molecule has 0 aromatic rings. The predicted molar refractivity (Wildman–Crippen MR) is 40.3 cm³/mol.